The van der Waals surface area contributed by atoms with E-state index < -0.39 is 0 Å². The van der Waals surface area contributed by atoms with Crippen LogP contribution in [-0.2, 0) is 0 Å². The topological polar surface area (TPSA) is 12.4 Å². The van der Waals surface area contributed by atoms with Gasteiger partial charge in [0.15, 0.2) is 0 Å². The molecule has 0 aliphatic rings. The fourth-order valence-electron chi connectivity index (χ4n) is 1.19. The first-order valence-corrected chi connectivity index (χ1v) is 5.03. The highest BCUT2D eigenvalue weighted by Crippen LogP contribution is 2.13. The predicted octanol–water partition coefficient (Wildman–Crippen LogP) is 4.00. The molecule has 0 heterocycles. The molecule has 1 nitrogen and oxygen atoms in total. The molecule has 0 aliphatic carbocycles. The summed E-state index contributed by atoms with van der Waals surface area (Å²) in [6, 6.07) is 8.47. The number of hydrogen-bond donors (Lipinski definition) is 0. The Kier molecular flexibility index (Phi) is 4.04. The first-order chi connectivity index (χ1) is 7.09. The van der Waals surface area contributed by atoms with Crippen molar-refractivity contribution in [3.05, 3.63) is 53.7 Å². The molecule has 0 spiro atoms. The molecule has 1 heteroatoms. The van der Waals surface area contributed by atoms with Crippen LogP contribution in [0.4, 0.5) is 0 Å². The van der Waals surface area contributed by atoms with Gasteiger partial charge in [0.25, 0.3) is 0 Å². The van der Waals surface area contributed by atoms with Crippen LogP contribution < -0.4 is 0 Å². The maximum Gasteiger partial charge on any atom is 0.0300 e. The van der Waals surface area contributed by atoms with Gasteiger partial charge in [-0.3, -0.25) is 4.99 Å². The molecule has 0 radical (unpaired) electrons. The van der Waals surface area contributed by atoms with E-state index in [2.05, 4.69) is 49.7 Å². The van der Waals surface area contributed by atoms with E-state index >= 15 is 0 Å². The molecule has 0 aromatic heterocycles. The normalized spacial score (nSPS) is 12.1. The number of rotatable bonds is 3. The standard InChI is InChI=1S/C14H17N/c1-11(2)15-10-9-13(4)14-7-5-12(3)6-8-14/h5-10H,1H2,2-4H3/b13-9+,15-10?. The number of benzene rings is 1. The van der Waals surface area contributed by atoms with Crippen LogP contribution in [0.1, 0.15) is 25.0 Å². The van der Waals surface area contributed by atoms with E-state index in [1.54, 1.807) is 6.21 Å². The molecule has 0 unspecified atom stereocenters. The van der Waals surface area contributed by atoms with Crippen molar-refractivity contribution in [1.29, 1.82) is 0 Å². The maximum absolute atomic E-state index is 4.11. The summed E-state index contributed by atoms with van der Waals surface area (Å²) in [6.07, 6.45) is 3.79. The van der Waals surface area contributed by atoms with Crippen molar-refractivity contribution in [2.45, 2.75) is 20.8 Å². The molecule has 0 fully saturated rings. The van der Waals surface area contributed by atoms with Crippen molar-refractivity contribution < 1.29 is 0 Å². The average Bonchev–Trinajstić information content (AvgIpc) is 2.18. The Balaban J connectivity index is 2.80. The maximum atomic E-state index is 4.11. The van der Waals surface area contributed by atoms with E-state index in [0.717, 1.165) is 5.70 Å². The van der Waals surface area contributed by atoms with Crippen LogP contribution in [0.25, 0.3) is 5.57 Å². The van der Waals surface area contributed by atoms with E-state index in [4.69, 9.17) is 0 Å². The van der Waals surface area contributed by atoms with Crippen LogP contribution in [0.15, 0.2) is 47.6 Å². The highest BCUT2D eigenvalue weighted by Gasteiger charge is 1.92. The fourth-order valence-corrected chi connectivity index (χ4v) is 1.19. The van der Waals surface area contributed by atoms with E-state index in [1.807, 2.05) is 13.0 Å². The zero-order valence-electron chi connectivity index (χ0n) is 9.62. The third-order valence-corrected chi connectivity index (χ3v) is 2.13. The second-order valence-corrected chi connectivity index (χ2v) is 3.73. The number of hydrogen-bond acceptors (Lipinski definition) is 1. The summed E-state index contributed by atoms with van der Waals surface area (Å²) in [5, 5.41) is 0. The van der Waals surface area contributed by atoms with Gasteiger partial charge in [-0.05, 0) is 38.0 Å². The molecule has 0 amide bonds. The van der Waals surface area contributed by atoms with Gasteiger partial charge >= 0.3 is 0 Å². The summed E-state index contributed by atoms with van der Waals surface area (Å²) in [5.74, 6) is 0. The number of aryl methyl sites for hydroxylation is 1. The van der Waals surface area contributed by atoms with Gasteiger partial charge in [0.2, 0.25) is 0 Å². The molecule has 0 saturated heterocycles. The summed E-state index contributed by atoms with van der Waals surface area (Å²) < 4.78 is 0. The summed E-state index contributed by atoms with van der Waals surface area (Å²) in [4.78, 5) is 4.11. The van der Waals surface area contributed by atoms with Gasteiger partial charge in [0.05, 0.1) is 0 Å². The van der Waals surface area contributed by atoms with Gasteiger partial charge in [0.1, 0.15) is 0 Å². The smallest absolute Gasteiger partial charge is 0.0300 e. The Labute approximate surface area is 91.9 Å². The molecule has 0 saturated carbocycles. The van der Waals surface area contributed by atoms with Crippen LogP contribution in [0.3, 0.4) is 0 Å². The molecule has 1 rings (SSSR count). The van der Waals surface area contributed by atoms with Crippen molar-refractivity contribution in [2.24, 2.45) is 4.99 Å². The van der Waals surface area contributed by atoms with Gasteiger partial charge in [-0.2, -0.15) is 0 Å². The van der Waals surface area contributed by atoms with E-state index in [9.17, 15) is 0 Å². The van der Waals surface area contributed by atoms with E-state index in [-0.39, 0.29) is 0 Å². The van der Waals surface area contributed by atoms with Crippen molar-refractivity contribution in [3.8, 4) is 0 Å². The molecule has 1 aromatic carbocycles. The minimum Gasteiger partial charge on any atom is -0.262 e. The van der Waals surface area contributed by atoms with Crippen molar-refractivity contribution in [1.82, 2.24) is 0 Å². The zero-order chi connectivity index (χ0) is 11.3. The molecule has 78 valence electrons. The Morgan fingerprint density at radius 2 is 1.80 bits per heavy atom. The highest BCUT2D eigenvalue weighted by molar-refractivity contribution is 5.84. The quantitative estimate of drug-likeness (QED) is 0.652. The summed E-state index contributed by atoms with van der Waals surface area (Å²) in [7, 11) is 0. The van der Waals surface area contributed by atoms with Gasteiger partial charge in [-0.1, -0.05) is 36.4 Å². The Morgan fingerprint density at radius 3 is 2.33 bits per heavy atom. The number of nitrogens with zero attached hydrogens (tertiary/aromatic N) is 1. The van der Waals surface area contributed by atoms with Gasteiger partial charge < -0.3 is 0 Å². The molecule has 0 aliphatic heterocycles. The lowest BCUT2D eigenvalue weighted by Crippen LogP contribution is -1.81. The Morgan fingerprint density at radius 1 is 1.20 bits per heavy atom. The first kappa shape index (κ1) is 11.4. The third-order valence-electron chi connectivity index (χ3n) is 2.13. The zero-order valence-corrected chi connectivity index (χ0v) is 9.62. The predicted molar refractivity (Wildman–Crippen MR) is 68.1 cm³/mol. The minimum absolute atomic E-state index is 0.822. The largest absolute Gasteiger partial charge is 0.262 e. The van der Waals surface area contributed by atoms with Crippen LogP contribution in [0.5, 0.6) is 0 Å². The second kappa shape index (κ2) is 5.30. The van der Waals surface area contributed by atoms with Crippen molar-refractivity contribution in [2.75, 3.05) is 0 Å². The van der Waals surface area contributed by atoms with Gasteiger partial charge in [-0.25, -0.2) is 0 Å². The van der Waals surface area contributed by atoms with E-state index in [0.29, 0.717) is 0 Å². The fraction of sp³-hybridized carbons (Fsp3) is 0.214. The summed E-state index contributed by atoms with van der Waals surface area (Å²) in [5.41, 5.74) is 4.54. The number of aliphatic imine (C=N–C) groups is 1. The average molecular weight is 199 g/mol. The SMILES string of the molecule is C=C(C)N=C/C=C(\C)c1ccc(C)cc1. The van der Waals surface area contributed by atoms with Gasteiger partial charge in [0, 0.05) is 11.9 Å². The van der Waals surface area contributed by atoms with E-state index in [1.165, 1.54) is 16.7 Å². The van der Waals surface area contributed by atoms with Crippen LogP contribution in [0, 0.1) is 6.92 Å². The van der Waals surface area contributed by atoms with Crippen molar-refractivity contribution in [3.63, 3.8) is 0 Å². The highest BCUT2D eigenvalue weighted by atomic mass is 14.7. The molecule has 1 aromatic rings. The Bertz CT molecular complexity index is 394. The lowest BCUT2D eigenvalue weighted by Gasteiger charge is -2.00. The van der Waals surface area contributed by atoms with Crippen LogP contribution >= 0.6 is 0 Å². The monoisotopic (exact) mass is 199 g/mol. The molecule has 15 heavy (non-hydrogen) atoms. The van der Waals surface area contributed by atoms with Crippen molar-refractivity contribution >= 4 is 11.8 Å². The molecule has 0 bridgehead atoms. The Hall–Kier alpha value is -1.63. The molecule has 0 N–H and O–H groups in total. The lowest BCUT2D eigenvalue weighted by molar-refractivity contribution is 1.34. The second-order valence-electron chi connectivity index (χ2n) is 3.73. The molecule has 0 atom stereocenters. The third kappa shape index (κ3) is 3.94. The lowest BCUT2D eigenvalue weighted by atomic mass is 10.1. The number of allylic oxidation sites excluding steroid dienone is 3. The minimum atomic E-state index is 0.822. The summed E-state index contributed by atoms with van der Waals surface area (Å²) >= 11 is 0. The molecular weight excluding hydrogens is 182 g/mol. The van der Waals surface area contributed by atoms with Crippen LogP contribution in [-0.4, -0.2) is 6.21 Å². The summed E-state index contributed by atoms with van der Waals surface area (Å²) in [6.45, 7) is 9.76. The first-order valence-electron chi connectivity index (χ1n) is 5.03. The van der Waals surface area contributed by atoms with Gasteiger partial charge in [-0.15, -0.1) is 0 Å². The van der Waals surface area contributed by atoms with Crippen LogP contribution in [0.2, 0.25) is 0 Å². The molecular formula is C14H17N.